The van der Waals surface area contributed by atoms with Gasteiger partial charge in [-0.3, -0.25) is 0 Å². The molecule has 0 spiro atoms. The molecule has 1 aliphatic rings. The van der Waals surface area contributed by atoms with Crippen LogP contribution in [0.15, 0.2) is 0 Å². The van der Waals surface area contributed by atoms with Gasteiger partial charge in [-0.05, 0) is 25.7 Å². The first-order valence-corrected chi connectivity index (χ1v) is 5.55. The first kappa shape index (κ1) is 11.0. The Morgan fingerprint density at radius 1 is 1.15 bits per heavy atom. The second kappa shape index (κ2) is 5.61. The maximum absolute atomic E-state index is 6.34. The highest BCUT2D eigenvalue weighted by Crippen LogP contribution is 2.28. The second-order valence-electron chi connectivity index (χ2n) is 4.37. The van der Waals surface area contributed by atoms with Gasteiger partial charge in [0.2, 0.25) is 0 Å². The van der Waals surface area contributed by atoms with Gasteiger partial charge in [0.05, 0.1) is 0 Å². The monoisotopic (exact) mass is 185 g/mol. The van der Waals surface area contributed by atoms with E-state index in [1.807, 2.05) is 0 Å². The molecule has 0 atom stereocenters. The highest BCUT2D eigenvalue weighted by Gasteiger charge is 2.25. The average Bonchev–Trinajstić information content (AvgIpc) is 2.31. The summed E-state index contributed by atoms with van der Waals surface area (Å²) >= 11 is 0. The lowest BCUT2D eigenvalue weighted by molar-refractivity contribution is 0.179. The SMILES string of the molecule is COCCCC1(N)CCCCCC1. The van der Waals surface area contributed by atoms with Gasteiger partial charge in [-0.25, -0.2) is 0 Å². The maximum atomic E-state index is 6.34. The van der Waals surface area contributed by atoms with Gasteiger partial charge in [-0.15, -0.1) is 0 Å². The standard InChI is InChI=1S/C11H23NO/c1-13-10-6-9-11(12)7-4-2-3-5-8-11/h2-10,12H2,1H3. The van der Waals surface area contributed by atoms with Crippen LogP contribution in [0.5, 0.6) is 0 Å². The molecule has 13 heavy (non-hydrogen) atoms. The number of ether oxygens (including phenoxy) is 1. The van der Waals surface area contributed by atoms with Crippen molar-refractivity contribution in [3.05, 3.63) is 0 Å². The molecule has 0 aromatic carbocycles. The Hall–Kier alpha value is -0.0800. The van der Waals surface area contributed by atoms with Crippen molar-refractivity contribution in [2.45, 2.75) is 56.9 Å². The number of hydrogen-bond acceptors (Lipinski definition) is 2. The molecule has 0 heterocycles. The van der Waals surface area contributed by atoms with Crippen LogP contribution in [0.3, 0.4) is 0 Å². The van der Waals surface area contributed by atoms with E-state index in [9.17, 15) is 0 Å². The third-order valence-corrected chi connectivity index (χ3v) is 3.12. The molecule has 1 rings (SSSR count). The minimum atomic E-state index is 0.134. The third-order valence-electron chi connectivity index (χ3n) is 3.12. The molecule has 1 saturated carbocycles. The molecule has 0 unspecified atom stereocenters. The van der Waals surface area contributed by atoms with E-state index in [0.717, 1.165) is 19.4 Å². The predicted molar refractivity (Wildman–Crippen MR) is 55.7 cm³/mol. The topological polar surface area (TPSA) is 35.2 Å². The Morgan fingerprint density at radius 2 is 1.77 bits per heavy atom. The van der Waals surface area contributed by atoms with Crippen LogP contribution in [0.4, 0.5) is 0 Å². The Morgan fingerprint density at radius 3 is 2.31 bits per heavy atom. The van der Waals surface area contributed by atoms with Gasteiger partial charge in [0.15, 0.2) is 0 Å². The molecule has 1 fully saturated rings. The molecule has 1 aliphatic carbocycles. The van der Waals surface area contributed by atoms with E-state index >= 15 is 0 Å². The molecule has 0 aliphatic heterocycles. The molecular formula is C11H23NO. The summed E-state index contributed by atoms with van der Waals surface area (Å²) in [6.45, 7) is 0.860. The van der Waals surface area contributed by atoms with Crippen LogP contribution >= 0.6 is 0 Å². The molecule has 2 N–H and O–H groups in total. The fourth-order valence-corrected chi connectivity index (χ4v) is 2.25. The highest BCUT2D eigenvalue weighted by molar-refractivity contribution is 4.85. The molecule has 0 saturated heterocycles. The van der Waals surface area contributed by atoms with Gasteiger partial charge in [-0.1, -0.05) is 25.7 Å². The first-order valence-electron chi connectivity index (χ1n) is 5.55. The van der Waals surface area contributed by atoms with Crippen molar-refractivity contribution in [2.75, 3.05) is 13.7 Å². The third kappa shape index (κ3) is 4.10. The van der Waals surface area contributed by atoms with Crippen LogP contribution in [0.2, 0.25) is 0 Å². The van der Waals surface area contributed by atoms with Crippen LogP contribution < -0.4 is 5.73 Å². The predicted octanol–water partition coefficient (Wildman–Crippen LogP) is 2.46. The normalized spacial score (nSPS) is 22.6. The summed E-state index contributed by atoms with van der Waals surface area (Å²) in [6, 6.07) is 0. The van der Waals surface area contributed by atoms with Gasteiger partial charge in [0, 0.05) is 19.3 Å². The van der Waals surface area contributed by atoms with Crippen LogP contribution in [0.1, 0.15) is 51.4 Å². The fraction of sp³-hybridized carbons (Fsp3) is 1.00. The number of hydrogen-bond donors (Lipinski definition) is 1. The van der Waals surface area contributed by atoms with E-state index in [-0.39, 0.29) is 5.54 Å². The Kier molecular flexibility index (Phi) is 4.74. The zero-order chi connectivity index (χ0) is 9.57. The van der Waals surface area contributed by atoms with Crippen LogP contribution in [0, 0.1) is 0 Å². The molecule has 2 heteroatoms. The summed E-state index contributed by atoms with van der Waals surface area (Å²) in [5, 5.41) is 0. The minimum Gasteiger partial charge on any atom is -0.385 e. The molecule has 0 aromatic rings. The highest BCUT2D eigenvalue weighted by atomic mass is 16.5. The Bertz CT molecular complexity index is 128. The molecular weight excluding hydrogens is 162 g/mol. The number of rotatable bonds is 4. The van der Waals surface area contributed by atoms with Crippen LogP contribution in [-0.4, -0.2) is 19.3 Å². The van der Waals surface area contributed by atoms with Gasteiger partial charge >= 0.3 is 0 Å². The second-order valence-corrected chi connectivity index (χ2v) is 4.37. The zero-order valence-electron chi connectivity index (χ0n) is 8.85. The van der Waals surface area contributed by atoms with E-state index in [1.165, 1.54) is 38.5 Å². The summed E-state index contributed by atoms with van der Waals surface area (Å²) in [7, 11) is 1.76. The molecule has 0 aromatic heterocycles. The van der Waals surface area contributed by atoms with Gasteiger partial charge in [0.25, 0.3) is 0 Å². The number of methoxy groups -OCH3 is 1. The van der Waals surface area contributed by atoms with E-state index in [4.69, 9.17) is 10.5 Å². The number of nitrogens with two attached hydrogens (primary N) is 1. The van der Waals surface area contributed by atoms with Crippen molar-refractivity contribution in [3.8, 4) is 0 Å². The van der Waals surface area contributed by atoms with Crippen molar-refractivity contribution < 1.29 is 4.74 Å². The largest absolute Gasteiger partial charge is 0.385 e. The fourth-order valence-electron chi connectivity index (χ4n) is 2.25. The Balaban J connectivity index is 2.25. The molecule has 2 nitrogen and oxygen atoms in total. The van der Waals surface area contributed by atoms with Crippen molar-refractivity contribution in [1.82, 2.24) is 0 Å². The maximum Gasteiger partial charge on any atom is 0.0462 e. The molecule has 0 amide bonds. The lowest BCUT2D eigenvalue weighted by Crippen LogP contribution is -2.39. The van der Waals surface area contributed by atoms with Gasteiger partial charge in [0.1, 0.15) is 0 Å². The summed E-state index contributed by atoms with van der Waals surface area (Å²) < 4.78 is 5.05. The van der Waals surface area contributed by atoms with Crippen LogP contribution in [0.25, 0.3) is 0 Å². The quantitative estimate of drug-likeness (QED) is 0.539. The van der Waals surface area contributed by atoms with E-state index in [0.29, 0.717) is 0 Å². The smallest absolute Gasteiger partial charge is 0.0462 e. The zero-order valence-corrected chi connectivity index (χ0v) is 8.85. The summed E-state index contributed by atoms with van der Waals surface area (Å²) in [4.78, 5) is 0. The molecule has 0 radical (unpaired) electrons. The Labute approximate surface area is 81.8 Å². The minimum absolute atomic E-state index is 0.134. The van der Waals surface area contributed by atoms with Crippen molar-refractivity contribution >= 4 is 0 Å². The first-order chi connectivity index (χ1) is 6.27. The van der Waals surface area contributed by atoms with E-state index < -0.39 is 0 Å². The van der Waals surface area contributed by atoms with Crippen molar-refractivity contribution in [3.63, 3.8) is 0 Å². The van der Waals surface area contributed by atoms with Gasteiger partial charge in [-0.2, -0.15) is 0 Å². The van der Waals surface area contributed by atoms with Crippen molar-refractivity contribution in [1.29, 1.82) is 0 Å². The summed E-state index contributed by atoms with van der Waals surface area (Å²) in [5.41, 5.74) is 6.48. The van der Waals surface area contributed by atoms with Crippen LogP contribution in [-0.2, 0) is 4.74 Å². The van der Waals surface area contributed by atoms with Crippen molar-refractivity contribution in [2.24, 2.45) is 5.73 Å². The van der Waals surface area contributed by atoms with Gasteiger partial charge < -0.3 is 10.5 Å². The lowest BCUT2D eigenvalue weighted by atomic mass is 9.87. The summed E-state index contributed by atoms with van der Waals surface area (Å²) in [6.07, 6.45) is 10.1. The lowest BCUT2D eigenvalue weighted by Gasteiger charge is -2.27. The molecule has 0 bridgehead atoms. The molecule has 78 valence electrons. The van der Waals surface area contributed by atoms with E-state index in [1.54, 1.807) is 7.11 Å². The summed E-state index contributed by atoms with van der Waals surface area (Å²) in [5.74, 6) is 0. The average molecular weight is 185 g/mol. The van der Waals surface area contributed by atoms with E-state index in [2.05, 4.69) is 0 Å².